The summed E-state index contributed by atoms with van der Waals surface area (Å²) >= 11 is 0. The summed E-state index contributed by atoms with van der Waals surface area (Å²) in [6.45, 7) is 2.95. The topological polar surface area (TPSA) is 118 Å². The van der Waals surface area contributed by atoms with E-state index < -0.39 is 4.92 Å². The number of nitrogens with two attached hydrogens (primary N) is 1. The van der Waals surface area contributed by atoms with Crippen molar-refractivity contribution in [2.24, 2.45) is 5.84 Å². The number of aliphatic hydroxyl groups excluding tert-OH is 1. The van der Waals surface area contributed by atoms with Crippen LogP contribution >= 0.6 is 0 Å². The van der Waals surface area contributed by atoms with Gasteiger partial charge in [0.15, 0.2) is 0 Å². The second-order valence-electron chi connectivity index (χ2n) is 3.68. The fourth-order valence-electron chi connectivity index (χ4n) is 1.57. The molecule has 0 saturated carbocycles. The highest BCUT2D eigenvalue weighted by atomic mass is 16.6. The Hall–Kier alpha value is -1.93. The van der Waals surface area contributed by atoms with Crippen molar-refractivity contribution in [1.29, 1.82) is 0 Å². The van der Waals surface area contributed by atoms with Crippen LogP contribution in [-0.4, -0.2) is 34.7 Å². The predicted molar refractivity (Wildman–Crippen MR) is 68.3 cm³/mol. The standard InChI is InChI=1S/C10H17N5O3/c1-2-3-14(4-5-16)10-7-8(15(17)18)6-9(12-10)13-11/h6-7,16H,2-5,11H2,1H3,(H,12,13). The van der Waals surface area contributed by atoms with Crippen LogP contribution in [0.3, 0.4) is 0 Å². The second-order valence-corrected chi connectivity index (χ2v) is 3.68. The third-order valence-electron chi connectivity index (χ3n) is 2.34. The van der Waals surface area contributed by atoms with E-state index in [2.05, 4.69) is 10.4 Å². The molecule has 4 N–H and O–H groups in total. The number of pyridine rings is 1. The number of aliphatic hydroxyl groups is 1. The zero-order chi connectivity index (χ0) is 13.5. The Morgan fingerprint density at radius 3 is 2.78 bits per heavy atom. The lowest BCUT2D eigenvalue weighted by Gasteiger charge is -2.22. The number of nitrogens with one attached hydrogen (secondary N) is 1. The number of nitrogens with zero attached hydrogens (tertiary/aromatic N) is 3. The zero-order valence-electron chi connectivity index (χ0n) is 10.2. The Bertz CT molecular complexity index is 406. The van der Waals surface area contributed by atoms with Gasteiger partial charge in [0.1, 0.15) is 11.6 Å². The highest BCUT2D eigenvalue weighted by molar-refractivity contribution is 5.55. The molecule has 18 heavy (non-hydrogen) atoms. The molecule has 100 valence electrons. The van der Waals surface area contributed by atoms with Gasteiger partial charge in [-0.15, -0.1) is 0 Å². The summed E-state index contributed by atoms with van der Waals surface area (Å²) < 4.78 is 0. The molecule has 0 bridgehead atoms. The van der Waals surface area contributed by atoms with Crippen LogP contribution in [0.15, 0.2) is 12.1 Å². The van der Waals surface area contributed by atoms with Crippen molar-refractivity contribution in [1.82, 2.24) is 4.98 Å². The molecule has 0 aromatic carbocycles. The number of aromatic nitrogens is 1. The molecule has 1 aromatic heterocycles. The zero-order valence-corrected chi connectivity index (χ0v) is 10.2. The number of nitrogen functional groups attached to an aromatic ring is 1. The number of hydrogen-bond acceptors (Lipinski definition) is 7. The first-order chi connectivity index (χ1) is 8.62. The van der Waals surface area contributed by atoms with E-state index in [0.717, 1.165) is 6.42 Å². The number of hydrazine groups is 1. The van der Waals surface area contributed by atoms with Crippen molar-refractivity contribution in [2.75, 3.05) is 30.0 Å². The summed E-state index contributed by atoms with van der Waals surface area (Å²) in [5.41, 5.74) is 2.21. The summed E-state index contributed by atoms with van der Waals surface area (Å²) in [7, 11) is 0. The van der Waals surface area contributed by atoms with Crippen LogP contribution in [0.2, 0.25) is 0 Å². The molecule has 0 aliphatic rings. The molecule has 0 fully saturated rings. The fourth-order valence-corrected chi connectivity index (χ4v) is 1.57. The maximum atomic E-state index is 10.8. The molecule has 0 amide bonds. The van der Waals surface area contributed by atoms with Gasteiger partial charge in [0, 0.05) is 13.1 Å². The Balaban J connectivity index is 3.11. The van der Waals surface area contributed by atoms with Crippen molar-refractivity contribution in [3.8, 4) is 0 Å². The van der Waals surface area contributed by atoms with Gasteiger partial charge >= 0.3 is 0 Å². The number of nitro groups is 1. The van der Waals surface area contributed by atoms with Crippen LogP contribution in [0.5, 0.6) is 0 Å². The number of hydrogen-bond donors (Lipinski definition) is 3. The molecular formula is C10H17N5O3. The molecular weight excluding hydrogens is 238 g/mol. The van der Waals surface area contributed by atoms with Gasteiger partial charge in [0.25, 0.3) is 5.69 Å². The minimum absolute atomic E-state index is 0.0459. The Morgan fingerprint density at radius 2 is 2.28 bits per heavy atom. The van der Waals surface area contributed by atoms with E-state index >= 15 is 0 Å². The largest absolute Gasteiger partial charge is 0.395 e. The summed E-state index contributed by atoms with van der Waals surface area (Å²) in [5.74, 6) is 5.88. The van der Waals surface area contributed by atoms with E-state index in [0.29, 0.717) is 18.9 Å². The lowest BCUT2D eigenvalue weighted by molar-refractivity contribution is -0.384. The van der Waals surface area contributed by atoms with Gasteiger partial charge in [-0.1, -0.05) is 6.92 Å². The first-order valence-electron chi connectivity index (χ1n) is 5.61. The molecule has 0 unspecified atom stereocenters. The predicted octanol–water partition coefficient (Wildman–Crippen LogP) is 0.484. The minimum atomic E-state index is -0.505. The van der Waals surface area contributed by atoms with E-state index in [4.69, 9.17) is 10.9 Å². The Labute approximate surface area is 105 Å². The molecule has 0 spiro atoms. The van der Waals surface area contributed by atoms with Crippen LogP contribution in [0.25, 0.3) is 0 Å². The molecule has 0 aliphatic heterocycles. The van der Waals surface area contributed by atoms with Gasteiger partial charge in [-0.05, 0) is 6.42 Å². The molecule has 0 saturated heterocycles. The van der Waals surface area contributed by atoms with E-state index in [1.807, 2.05) is 6.92 Å². The van der Waals surface area contributed by atoms with Gasteiger partial charge in [0.05, 0.1) is 23.7 Å². The van der Waals surface area contributed by atoms with Gasteiger partial charge in [-0.25, -0.2) is 10.8 Å². The average molecular weight is 255 g/mol. The van der Waals surface area contributed by atoms with Crippen LogP contribution < -0.4 is 16.2 Å². The van der Waals surface area contributed by atoms with E-state index in [-0.39, 0.29) is 18.1 Å². The molecule has 0 aliphatic carbocycles. The highest BCUT2D eigenvalue weighted by Gasteiger charge is 2.14. The van der Waals surface area contributed by atoms with Gasteiger partial charge in [-0.2, -0.15) is 0 Å². The molecule has 0 radical (unpaired) electrons. The quantitative estimate of drug-likeness (QED) is 0.368. The lowest BCUT2D eigenvalue weighted by atomic mass is 10.3. The first kappa shape index (κ1) is 14.1. The number of anilines is 2. The van der Waals surface area contributed by atoms with E-state index in [1.165, 1.54) is 12.1 Å². The maximum absolute atomic E-state index is 10.8. The second kappa shape index (κ2) is 6.72. The molecule has 8 heteroatoms. The Morgan fingerprint density at radius 1 is 1.56 bits per heavy atom. The molecule has 1 rings (SSSR count). The van der Waals surface area contributed by atoms with Crippen molar-refractivity contribution in [3.05, 3.63) is 22.2 Å². The number of rotatable bonds is 7. The molecule has 8 nitrogen and oxygen atoms in total. The maximum Gasteiger partial charge on any atom is 0.276 e. The van der Waals surface area contributed by atoms with Crippen LogP contribution in [-0.2, 0) is 0 Å². The normalized spacial score (nSPS) is 10.2. The van der Waals surface area contributed by atoms with Crippen LogP contribution in [0.1, 0.15) is 13.3 Å². The van der Waals surface area contributed by atoms with Crippen molar-refractivity contribution in [2.45, 2.75) is 13.3 Å². The highest BCUT2D eigenvalue weighted by Crippen LogP contribution is 2.22. The average Bonchev–Trinajstić information content (AvgIpc) is 2.37. The lowest BCUT2D eigenvalue weighted by Crippen LogP contribution is -2.28. The van der Waals surface area contributed by atoms with Crippen molar-refractivity contribution < 1.29 is 10.0 Å². The summed E-state index contributed by atoms with van der Waals surface area (Å²) in [5, 5.41) is 19.8. The van der Waals surface area contributed by atoms with E-state index in [9.17, 15) is 10.1 Å². The Kier molecular flexibility index (Phi) is 5.28. The molecule has 0 atom stereocenters. The molecule has 1 aromatic rings. The molecule has 1 heterocycles. The summed E-state index contributed by atoms with van der Waals surface area (Å²) in [6, 6.07) is 2.62. The SMILES string of the molecule is CCCN(CCO)c1cc([N+](=O)[O-])cc(NN)n1. The third kappa shape index (κ3) is 3.54. The van der Waals surface area contributed by atoms with E-state index in [1.54, 1.807) is 4.90 Å². The van der Waals surface area contributed by atoms with Gasteiger partial charge in [0.2, 0.25) is 0 Å². The van der Waals surface area contributed by atoms with Gasteiger partial charge < -0.3 is 15.4 Å². The van der Waals surface area contributed by atoms with Crippen LogP contribution in [0.4, 0.5) is 17.3 Å². The third-order valence-corrected chi connectivity index (χ3v) is 2.34. The minimum Gasteiger partial charge on any atom is -0.395 e. The monoisotopic (exact) mass is 255 g/mol. The van der Waals surface area contributed by atoms with Crippen molar-refractivity contribution in [3.63, 3.8) is 0 Å². The summed E-state index contributed by atoms with van der Waals surface area (Å²) in [6.07, 6.45) is 0.843. The fraction of sp³-hybridized carbons (Fsp3) is 0.500. The summed E-state index contributed by atoms with van der Waals surface area (Å²) in [4.78, 5) is 16.2. The first-order valence-corrected chi connectivity index (χ1v) is 5.61. The van der Waals surface area contributed by atoms with Gasteiger partial charge in [-0.3, -0.25) is 10.1 Å². The smallest absolute Gasteiger partial charge is 0.276 e. The van der Waals surface area contributed by atoms with Crippen LogP contribution in [0, 0.1) is 10.1 Å². The van der Waals surface area contributed by atoms with Crippen molar-refractivity contribution >= 4 is 17.3 Å².